The number of benzene rings is 2. The Balaban J connectivity index is 1.77. The Morgan fingerprint density at radius 3 is 2.70 bits per heavy atom. The number of anilines is 2. The lowest BCUT2D eigenvalue weighted by Gasteiger charge is -2.24. The molecule has 1 heterocycles. The molecule has 5 nitrogen and oxygen atoms in total. The predicted octanol–water partition coefficient (Wildman–Crippen LogP) is 3.15. The van der Waals surface area contributed by atoms with Crippen molar-refractivity contribution in [2.75, 3.05) is 17.2 Å². The molecule has 1 atom stereocenters. The lowest BCUT2D eigenvalue weighted by molar-refractivity contribution is -0.123. The smallest absolute Gasteiger partial charge is 0.232 e. The molecule has 0 saturated heterocycles. The largest absolute Gasteiger partial charge is 0.494 e. The van der Waals surface area contributed by atoms with E-state index in [-0.39, 0.29) is 18.2 Å². The molecular weight excluding hydrogens is 292 g/mol. The van der Waals surface area contributed by atoms with Gasteiger partial charge in [0.1, 0.15) is 5.75 Å². The van der Waals surface area contributed by atoms with E-state index >= 15 is 0 Å². The molecule has 2 N–H and O–H groups in total. The number of hydrogen-bond acceptors (Lipinski definition) is 3. The molecule has 1 aliphatic heterocycles. The van der Waals surface area contributed by atoms with Crippen LogP contribution in [0.4, 0.5) is 11.4 Å². The zero-order valence-corrected chi connectivity index (χ0v) is 12.8. The first-order chi connectivity index (χ1) is 11.2. The molecule has 2 aromatic rings. The number of carbonyl (C=O) groups is 2. The van der Waals surface area contributed by atoms with Crippen LogP contribution in [0.1, 0.15) is 24.8 Å². The summed E-state index contributed by atoms with van der Waals surface area (Å²) in [6, 6.07) is 14.6. The highest BCUT2D eigenvalue weighted by atomic mass is 16.5. The van der Waals surface area contributed by atoms with Crippen LogP contribution in [0.15, 0.2) is 48.5 Å². The highest BCUT2D eigenvalue weighted by Gasteiger charge is 2.30. The number of nitrogens with one attached hydrogen (secondary N) is 2. The van der Waals surface area contributed by atoms with E-state index in [1.165, 1.54) is 0 Å². The van der Waals surface area contributed by atoms with Gasteiger partial charge in [0.15, 0.2) is 0 Å². The second-order valence-corrected chi connectivity index (χ2v) is 5.34. The minimum atomic E-state index is -0.480. The van der Waals surface area contributed by atoms with Crippen LogP contribution in [0.2, 0.25) is 0 Å². The standard InChI is InChI=1S/C18H18N2O3/c1-2-23-13-9-7-12(8-10-13)19-18(22)15-11-17(21)20-16-6-4-3-5-14(15)16/h3-10,15H,2,11H2,1H3,(H,19,22)(H,20,21)/t15-/m0/s1. The fourth-order valence-corrected chi connectivity index (χ4v) is 2.68. The first-order valence-corrected chi connectivity index (χ1v) is 7.60. The molecule has 2 amide bonds. The molecule has 118 valence electrons. The van der Waals surface area contributed by atoms with E-state index in [0.29, 0.717) is 18.0 Å². The van der Waals surface area contributed by atoms with Crippen molar-refractivity contribution >= 4 is 23.2 Å². The lowest BCUT2D eigenvalue weighted by Crippen LogP contribution is -2.30. The van der Waals surface area contributed by atoms with Gasteiger partial charge in [-0.3, -0.25) is 9.59 Å². The summed E-state index contributed by atoms with van der Waals surface area (Å²) >= 11 is 0. The number of fused-ring (bicyclic) bond motifs is 1. The van der Waals surface area contributed by atoms with Crippen molar-refractivity contribution in [1.29, 1.82) is 0 Å². The maximum absolute atomic E-state index is 12.6. The molecule has 0 bridgehead atoms. The van der Waals surface area contributed by atoms with E-state index in [0.717, 1.165) is 11.3 Å². The minimum Gasteiger partial charge on any atom is -0.494 e. The van der Waals surface area contributed by atoms with Crippen LogP contribution in [0.25, 0.3) is 0 Å². The van der Waals surface area contributed by atoms with Crippen molar-refractivity contribution in [3.05, 3.63) is 54.1 Å². The highest BCUT2D eigenvalue weighted by molar-refractivity contribution is 6.05. The van der Waals surface area contributed by atoms with Gasteiger partial charge in [-0.05, 0) is 42.8 Å². The van der Waals surface area contributed by atoms with Crippen molar-refractivity contribution in [3.8, 4) is 5.75 Å². The Hall–Kier alpha value is -2.82. The Kier molecular flexibility index (Phi) is 4.28. The molecule has 2 aromatic carbocycles. The summed E-state index contributed by atoms with van der Waals surface area (Å²) in [5.41, 5.74) is 2.23. The second-order valence-electron chi connectivity index (χ2n) is 5.34. The van der Waals surface area contributed by atoms with Crippen LogP contribution < -0.4 is 15.4 Å². The number of para-hydroxylation sites is 1. The third-order valence-electron chi connectivity index (χ3n) is 3.75. The molecule has 3 rings (SSSR count). The third kappa shape index (κ3) is 3.34. The van der Waals surface area contributed by atoms with Gasteiger partial charge in [-0.25, -0.2) is 0 Å². The molecule has 0 fully saturated rings. The summed E-state index contributed by atoms with van der Waals surface area (Å²) in [5.74, 6) is -0.0496. The predicted molar refractivity (Wildman–Crippen MR) is 88.7 cm³/mol. The molecule has 0 spiro atoms. The summed E-state index contributed by atoms with van der Waals surface area (Å²) in [4.78, 5) is 24.4. The van der Waals surface area contributed by atoms with Gasteiger partial charge in [-0.2, -0.15) is 0 Å². The van der Waals surface area contributed by atoms with Gasteiger partial charge in [0.25, 0.3) is 0 Å². The Morgan fingerprint density at radius 1 is 1.22 bits per heavy atom. The molecule has 0 aliphatic carbocycles. The van der Waals surface area contributed by atoms with E-state index in [1.807, 2.05) is 31.2 Å². The average Bonchev–Trinajstić information content (AvgIpc) is 2.56. The van der Waals surface area contributed by atoms with Crippen molar-refractivity contribution in [3.63, 3.8) is 0 Å². The quantitative estimate of drug-likeness (QED) is 0.911. The molecule has 1 aliphatic rings. The van der Waals surface area contributed by atoms with Gasteiger partial charge >= 0.3 is 0 Å². The molecule has 0 aromatic heterocycles. The van der Waals surface area contributed by atoms with Crippen LogP contribution in [0.3, 0.4) is 0 Å². The average molecular weight is 310 g/mol. The third-order valence-corrected chi connectivity index (χ3v) is 3.75. The summed E-state index contributed by atoms with van der Waals surface area (Å²) in [6.07, 6.45) is 0.153. The number of rotatable bonds is 4. The Labute approximate surface area is 134 Å². The second kappa shape index (κ2) is 6.52. The minimum absolute atomic E-state index is 0.143. The topological polar surface area (TPSA) is 67.4 Å². The van der Waals surface area contributed by atoms with Crippen molar-refractivity contribution in [2.45, 2.75) is 19.3 Å². The van der Waals surface area contributed by atoms with Gasteiger partial charge in [0.2, 0.25) is 11.8 Å². The Bertz CT molecular complexity index is 725. The molecule has 0 unspecified atom stereocenters. The first kappa shape index (κ1) is 15.1. The molecule has 0 saturated carbocycles. The van der Waals surface area contributed by atoms with Gasteiger partial charge in [-0.15, -0.1) is 0 Å². The van der Waals surface area contributed by atoms with E-state index < -0.39 is 5.92 Å². The van der Waals surface area contributed by atoms with Crippen LogP contribution >= 0.6 is 0 Å². The summed E-state index contributed by atoms with van der Waals surface area (Å²) in [5, 5.41) is 5.66. The molecule has 23 heavy (non-hydrogen) atoms. The normalized spacial score (nSPS) is 16.2. The fraction of sp³-hybridized carbons (Fsp3) is 0.222. The SMILES string of the molecule is CCOc1ccc(NC(=O)[C@H]2CC(=O)Nc3ccccc32)cc1. The van der Waals surface area contributed by atoms with Gasteiger partial charge in [0.05, 0.1) is 12.5 Å². The van der Waals surface area contributed by atoms with Gasteiger partial charge < -0.3 is 15.4 Å². The monoisotopic (exact) mass is 310 g/mol. The van der Waals surface area contributed by atoms with E-state index in [2.05, 4.69) is 10.6 Å². The van der Waals surface area contributed by atoms with Gasteiger partial charge in [0, 0.05) is 17.8 Å². The number of hydrogen-bond donors (Lipinski definition) is 2. The maximum Gasteiger partial charge on any atom is 0.232 e. The maximum atomic E-state index is 12.6. The summed E-state index contributed by atoms with van der Waals surface area (Å²) < 4.78 is 5.38. The van der Waals surface area contributed by atoms with Crippen LogP contribution in [-0.4, -0.2) is 18.4 Å². The number of ether oxygens (including phenoxy) is 1. The van der Waals surface area contributed by atoms with Crippen molar-refractivity contribution < 1.29 is 14.3 Å². The van der Waals surface area contributed by atoms with Crippen LogP contribution in [0.5, 0.6) is 5.75 Å². The summed E-state index contributed by atoms with van der Waals surface area (Å²) in [7, 11) is 0. The highest BCUT2D eigenvalue weighted by Crippen LogP contribution is 2.32. The van der Waals surface area contributed by atoms with E-state index in [9.17, 15) is 9.59 Å². The van der Waals surface area contributed by atoms with Crippen molar-refractivity contribution in [2.24, 2.45) is 0 Å². The van der Waals surface area contributed by atoms with Crippen molar-refractivity contribution in [1.82, 2.24) is 0 Å². The summed E-state index contributed by atoms with van der Waals surface area (Å²) in [6.45, 7) is 2.51. The number of carbonyl (C=O) groups excluding carboxylic acids is 2. The van der Waals surface area contributed by atoms with E-state index in [1.54, 1.807) is 24.3 Å². The molecular formula is C18H18N2O3. The zero-order valence-electron chi connectivity index (χ0n) is 12.8. The van der Waals surface area contributed by atoms with Gasteiger partial charge in [-0.1, -0.05) is 18.2 Å². The zero-order chi connectivity index (χ0) is 16.2. The van der Waals surface area contributed by atoms with Crippen LogP contribution in [0, 0.1) is 0 Å². The number of amides is 2. The lowest BCUT2D eigenvalue weighted by atomic mass is 9.90. The fourth-order valence-electron chi connectivity index (χ4n) is 2.68. The van der Waals surface area contributed by atoms with E-state index in [4.69, 9.17) is 4.74 Å². The van der Waals surface area contributed by atoms with Crippen LogP contribution in [-0.2, 0) is 9.59 Å². The Morgan fingerprint density at radius 2 is 1.96 bits per heavy atom. The first-order valence-electron chi connectivity index (χ1n) is 7.60. The molecule has 0 radical (unpaired) electrons. The molecule has 5 heteroatoms.